The number of rotatable bonds is 2. The lowest BCUT2D eigenvalue weighted by molar-refractivity contribution is 0.598. The van der Waals surface area contributed by atoms with Gasteiger partial charge in [0.2, 0.25) is 10.0 Å². The van der Waals surface area contributed by atoms with E-state index in [0.717, 1.165) is 5.56 Å². The molecule has 2 N–H and O–H groups in total. The van der Waals surface area contributed by atoms with Crippen LogP contribution in [-0.2, 0) is 17.1 Å². The lowest BCUT2D eigenvalue weighted by Gasteiger charge is -1.99. The molecule has 0 spiro atoms. The first-order valence-electron chi connectivity index (χ1n) is 4.60. The molecule has 84 valence electrons. The molecule has 2 aromatic rings. The fraction of sp³-hybridized carbons (Fsp3) is 0.100. The van der Waals surface area contributed by atoms with Crippen molar-refractivity contribution < 1.29 is 8.42 Å². The van der Waals surface area contributed by atoms with Gasteiger partial charge >= 0.3 is 0 Å². The zero-order valence-electron chi connectivity index (χ0n) is 8.66. The molecule has 6 heteroatoms. The number of hydrogen-bond acceptors (Lipinski definition) is 3. The third kappa shape index (κ3) is 1.98. The molecule has 1 heterocycles. The predicted molar refractivity (Wildman–Crippen MR) is 60.0 cm³/mol. The first kappa shape index (κ1) is 10.8. The van der Waals surface area contributed by atoms with E-state index in [9.17, 15) is 8.42 Å². The summed E-state index contributed by atoms with van der Waals surface area (Å²) in [5.74, 6) is 0. The third-order valence-electron chi connectivity index (χ3n) is 2.15. The molecule has 5 nitrogen and oxygen atoms in total. The van der Waals surface area contributed by atoms with Crippen LogP contribution in [0.5, 0.6) is 0 Å². The Bertz CT molecular complexity index is 602. The molecule has 0 saturated carbocycles. The number of aromatic nitrogens is 2. The first-order chi connectivity index (χ1) is 7.48. The molecule has 0 bridgehead atoms. The van der Waals surface area contributed by atoms with Gasteiger partial charge in [0, 0.05) is 18.8 Å². The highest BCUT2D eigenvalue weighted by Crippen LogP contribution is 2.24. The number of primary sulfonamides is 1. The Morgan fingerprint density at radius 1 is 1.25 bits per heavy atom. The fourth-order valence-electron chi connectivity index (χ4n) is 1.47. The summed E-state index contributed by atoms with van der Waals surface area (Å²) in [5.41, 5.74) is 1.11. The molecule has 0 aliphatic heterocycles. The zero-order chi connectivity index (χ0) is 11.8. The van der Waals surface area contributed by atoms with Crippen molar-refractivity contribution in [3.63, 3.8) is 0 Å². The number of benzene rings is 1. The lowest BCUT2D eigenvalue weighted by atomic mass is 10.2. The van der Waals surface area contributed by atoms with Crippen LogP contribution in [0.4, 0.5) is 0 Å². The number of hydrogen-bond donors (Lipinski definition) is 1. The Labute approximate surface area is 93.6 Å². The van der Waals surface area contributed by atoms with Gasteiger partial charge in [-0.1, -0.05) is 30.3 Å². The smallest absolute Gasteiger partial charge is 0.241 e. The Morgan fingerprint density at radius 2 is 1.88 bits per heavy atom. The van der Waals surface area contributed by atoms with Gasteiger partial charge in [0.05, 0.1) is 0 Å². The van der Waals surface area contributed by atoms with E-state index in [0.29, 0.717) is 5.69 Å². The minimum Gasteiger partial charge on any atom is -0.274 e. The van der Waals surface area contributed by atoms with Gasteiger partial charge in [-0.2, -0.15) is 5.10 Å². The summed E-state index contributed by atoms with van der Waals surface area (Å²) < 4.78 is 24.2. The van der Waals surface area contributed by atoms with E-state index in [1.165, 1.54) is 10.9 Å². The van der Waals surface area contributed by atoms with Crippen LogP contribution in [0.1, 0.15) is 0 Å². The van der Waals surface area contributed by atoms with Crippen molar-refractivity contribution in [2.45, 2.75) is 4.90 Å². The molecule has 1 aromatic carbocycles. The SMILES string of the molecule is Cn1cc(S(N)(=O)=O)c(-c2ccccc2)n1. The number of nitrogens with two attached hydrogens (primary N) is 1. The van der Waals surface area contributed by atoms with E-state index in [-0.39, 0.29) is 4.90 Å². The van der Waals surface area contributed by atoms with Gasteiger partial charge in [0.1, 0.15) is 10.6 Å². The largest absolute Gasteiger partial charge is 0.274 e. The van der Waals surface area contributed by atoms with Gasteiger partial charge in [-0.25, -0.2) is 13.6 Å². The molecule has 2 rings (SSSR count). The van der Waals surface area contributed by atoms with Crippen molar-refractivity contribution in [2.75, 3.05) is 0 Å². The molecule has 0 amide bonds. The minimum absolute atomic E-state index is 0.0428. The maximum Gasteiger partial charge on any atom is 0.241 e. The molecule has 0 aliphatic rings. The van der Waals surface area contributed by atoms with Crippen LogP contribution >= 0.6 is 0 Å². The Morgan fingerprint density at radius 3 is 2.44 bits per heavy atom. The molecule has 0 atom stereocenters. The van der Waals surface area contributed by atoms with Crippen LogP contribution in [0.3, 0.4) is 0 Å². The van der Waals surface area contributed by atoms with E-state index < -0.39 is 10.0 Å². The maximum absolute atomic E-state index is 11.4. The highest BCUT2D eigenvalue weighted by atomic mass is 32.2. The van der Waals surface area contributed by atoms with Crippen molar-refractivity contribution in [3.8, 4) is 11.3 Å². The quantitative estimate of drug-likeness (QED) is 0.836. The van der Waals surface area contributed by atoms with E-state index in [1.807, 2.05) is 18.2 Å². The van der Waals surface area contributed by atoms with E-state index in [4.69, 9.17) is 5.14 Å². The zero-order valence-corrected chi connectivity index (χ0v) is 9.48. The second-order valence-electron chi connectivity index (χ2n) is 3.43. The summed E-state index contributed by atoms with van der Waals surface area (Å²) in [5, 5.41) is 9.23. The monoisotopic (exact) mass is 237 g/mol. The summed E-state index contributed by atoms with van der Waals surface area (Å²) in [6.45, 7) is 0. The van der Waals surface area contributed by atoms with Crippen LogP contribution in [0.25, 0.3) is 11.3 Å². The molecule has 0 aliphatic carbocycles. The average molecular weight is 237 g/mol. The Kier molecular flexibility index (Phi) is 2.53. The molecule has 0 unspecified atom stereocenters. The van der Waals surface area contributed by atoms with E-state index >= 15 is 0 Å². The van der Waals surface area contributed by atoms with Crippen LogP contribution in [0.15, 0.2) is 41.4 Å². The van der Waals surface area contributed by atoms with Gasteiger partial charge in [-0.15, -0.1) is 0 Å². The van der Waals surface area contributed by atoms with Crippen molar-refractivity contribution in [1.82, 2.24) is 9.78 Å². The summed E-state index contributed by atoms with van der Waals surface area (Å²) in [6, 6.07) is 9.06. The number of aryl methyl sites for hydroxylation is 1. The molecular weight excluding hydrogens is 226 g/mol. The third-order valence-corrected chi connectivity index (χ3v) is 3.06. The normalized spacial score (nSPS) is 11.6. The lowest BCUT2D eigenvalue weighted by Crippen LogP contribution is -2.12. The van der Waals surface area contributed by atoms with Crippen LogP contribution in [0, 0.1) is 0 Å². The fourth-order valence-corrected chi connectivity index (χ4v) is 2.20. The maximum atomic E-state index is 11.4. The van der Waals surface area contributed by atoms with Gasteiger partial charge in [0.15, 0.2) is 0 Å². The Hall–Kier alpha value is -1.66. The van der Waals surface area contributed by atoms with Gasteiger partial charge in [-0.3, -0.25) is 4.68 Å². The number of sulfonamides is 1. The second kappa shape index (κ2) is 3.73. The molecule has 0 fully saturated rings. The van der Waals surface area contributed by atoms with Crippen LogP contribution < -0.4 is 5.14 Å². The van der Waals surface area contributed by atoms with Gasteiger partial charge < -0.3 is 0 Å². The minimum atomic E-state index is -3.74. The highest BCUT2D eigenvalue weighted by Gasteiger charge is 2.18. The Balaban J connectivity index is 2.67. The topological polar surface area (TPSA) is 78.0 Å². The average Bonchev–Trinajstić information content (AvgIpc) is 2.61. The summed E-state index contributed by atoms with van der Waals surface area (Å²) in [7, 11) is -2.09. The molecule has 0 saturated heterocycles. The van der Waals surface area contributed by atoms with Crippen molar-refractivity contribution in [3.05, 3.63) is 36.5 Å². The van der Waals surface area contributed by atoms with Crippen molar-refractivity contribution in [1.29, 1.82) is 0 Å². The first-order valence-corrected chi connectivity index (χ1v) is 6.15. The predicted octanol–water partition coefficient (Wildman–Crippen LogP) is 0.735. The molecule has 16 heavy (non-hydrogen) atoms. The van der Waals surface area contributed by atoms with Gasteiger partial charge in [-0.05, 0) is 0 Å². The number of nitrogens with zero attached hydrogens (tertiary/aromatic N) is 2. The van der Waals surface area contributed by atoms with Crippen molar-refractivity contribution >= 4 is 10.0 Å². The molecule has 0 radical (unpaired) electrons. The molecular formula is C10H11N3O2S. The van der Waals surface area contributed by atoms with Crippen LogP contribution in [-0.4, -0.2) is 18.2 Å². The summed E-state index contributed by atoms with van der Waals surface area (Å²) in [6.07, 6.45) is 1.40. The van der Waals surface area contributed by atoms with E-state index in [2.05, 4.69) is 5.10 Å². The van der Waals surface area contributed by atoms with E-state index in [1.54, 1.807) is 19.2 Å². The van der Waals surface area contributed by atoms with Crippen molar-refractivity contribution in [2.24, 2.45) is 12.2 Å². The second-order valence-corrected chi connectivity index (χ2v) is 4.96. The molecule has 1 aromatic heterocycles. The summed E-state index contributed by atoms with van der Waals surface area (Å²) in [4.78, 5) is 0.0428. The van der Waals surface area contributed by atoms with Gasteiger partial charge in [0.25, 0.3) is 0 Å². The van der Waals surface area contributed by atoms with Crippen LogP contribution in [0.2, 0.25) is 0 Å². The summed E-state index contributed by atoms with van der Waals surface area (Å²) >= 11 is 0. The highest BCUT2D eigenvalue weighted by molar-refractivity contribution is 7.89. The standard InChI is InChI=1S/C10H11N3O2S/c1-13-7-9(16(11,14)15)10(12-13)8-5-3-2-4-6-8/h2-7H,1H3,(H2,11,14,15).